The Morgan fingerprint density at radius 1 is 1.11 bits per heavy atom. The van der Waals surface area contributed by atoms with Crippen LogP contribution in [0.15, 0.2) is 29.5 Å². The summed E-state index contributed by atoms with van der Waals surface area (Å²) >= 11 is 0. The predicted molar refractivity (Wildman–Crippen MR) is 124 cm³/mol. The quantitative estimate of drug-likeness (QED) is 0.530. The molecule has 0 saturated carbocycles. The second-order valence-corrected chi connectivity index (χ2v) is 9.80. The topological polar surface area (TPSA) is 103 Å². The Morgan fingerprint density at radius 2 is 1.78 bits per heavy atom. The van der Waals surface area contributed by atoms with Gasteiger partial charge in [0.15, 0.2) is 11.3 Å². The second kappa shape index (κ2) is 9.47. The molecule has 0 bridgehead atoms. The number of nitrogens with zero attached hydrogens (tertiary/aromatic N) is 6. The molecule has 9 nitrogen and oxygen atoms in total. The summed E-state index contributed by atoms with van der Waals surface area (Å²) in [5.41, 5.74) is -1.11. The van der Waals surface area contributed by atoms with Crippen molar-refractivity contribution in [3.63, 3.8) is 0 Å². The van der Waals surface area contributed by atoms with Crippen molar-refractivity contribution in [1.82, 2.24) is 29.4 Å². The van der Waals surface area contributed by atoms with E-state index in [-0.39, 0.29) is 17.3 Å². The number of carbonyl (C=O) groups excluding carboxylic acids is 1. The molecule has 12 heteroatoms. The Morgan fingerprint density at radius 3 is 2.42 bits per heavy atom. The summed E-state index contributed by atoms with van der Waals surface area (Å²) < 4.78 is 47.3. The molecular formula is C24H27F3N6O3. The van der Waals surface area contributed by atoms with Crippen molar-refractivity contribution in [2.24, 2.45) is 0 Å². The number of piperidine rings is 1. The molecule has 1 aliphatic rings. The maximum atomic E-state index is 13.6. The van der Waals surface area contributed by atoms with Crippen LogP contribution in [0.3, 0.4) is 0 Å². The summed E-state index contributed by atoms with van der Waals surface area (Å²) in [4.78, 5) is 43.7. The van der Waals surface area contributed by atoms with E-state index in [1.54, 1.807) is 38.7 Å². The van der Waals surface area contributed by atoms with Gasteiger partial charge in [-0.1, -0.05) is 0 Å². The Kier molecular flexibility index (Phi) is 6.72. The molecule has 4 heterocycles. The van der Waals surface area contributed by atoms with Gasteiger partial charge in [0.1, 0.15) is 11.1 Å². The first kappa shape index (κ1) is 25.5. The fourth-order valence-electron chi connectivity index (χ4n) is 4.24. The van der Waals surface area contributed by atoms with Gasteiger partial charge in [0, 0.05) is 37.2 Å². The lowest BCUT2D eigenvalue weighted by atomic mass is 9.90. The van der Waals surface area contributed by atoms with Gasteiger partial charge in [-0.2, -0.15) is 13.2 Å². The minimum Gasteiger partial charge on any atom is -0.444 e. The fraction of sp³-hybridized carbons (Fsp3) is 0.500. The van der Waals surface area contributed by atoms with Gasteiger partial charge in [-0.3, -0.25) is 19.3 Å². The SMILES string of the molecule is Cc1cnc2cc(C3CCN(C(=O)OC(C)(C)C)CC3)c(=O)n(Cc3nccnc3C(F)(F)F)c2n1. The first-order valence-corrected chi connectivity index (χ1v) is 11.6. The third kappa shape index (κ3) is 5.47. The van der Waals surface area contributed by atoms with Crippen LogP contribution in [0.2, 0.25) is 0 Å². The van der Waals surface area contributed by atoms with Gasteiger partial charge < -0.3 is 9.64 Å². The molecule has 192 valence electrons. The van der Waals surface area contributed by atoms with E-state index in [1.807, 2.05) is 0 Å². The first-order chi connectivity index (χ1) is 16.8. The lowest BCUT2D eigenvalue weighted by Gasteiger charge is -2.33. The van der Waals surface area contributed by atoms with E-state index in [0.717, 1.165) is 12.4 Å². The molecule has 0 unspecified atom stereocenters. The van der Waals surface area contributed by atoms with Gasteiger partial charge in [-0.05, 0) is 52.5 Å². The van der Waals surface area contributed by atoms with Gasteiger partial charge in [-0.15, -0.1) is 0 Å². The highest BCUT2D eigenvalue weighted by Gasteiger charge is 2.36. The highest BCUT2D eigenvalue weighted by atomic mass is 19.4. The van der Waals surface area contributed by atoms with E-state index in [0.29, 0.717) is 42.7 Å². The number of hydrogen-bond donors (Lipinski definition) is 0. The average molecular weight is 505 g/mol. The van der Waals surface area contributed by atoms with Gasteiger partial charge in [-0.25, -0.2) is 14.8 Å². The van der Waals surface area contributed by atoms with Crippen LogP contribution in [-0.2, 0) is 17.5 Å². The highest BCUT2D eigenvalue weighted by Crippen LogP contribution is 2.31. The molecule has 1 amide bonds. The van der Waals surface area contributed by atoms with E-state index in [2.05, 4.69) is 19.9 Å². The number of aryl methyl sites for hydroxylation is 1. The molecule has 1 fully saturated rings. The average Bonchev–Trinajstić information content (AvgIpc) is 2.79. The minimum atomic E-state index is -4.73. The van der Waals surface area contributed by atoms with Crippen LogP contribution in [0.4, 0.5) is 18.0 Å². The summed E-state index contributed by atoms with van der Waals surface area (Å²) in [7, 11) is 0. The standard InChI is InChI=1S/C24H27F3N6O3/c1-14-12-30-17-11-16(15-5-9-32(10-6-15)22(35)36-23(2,3)4)21(34)33(20(17)31-14)13-18-19(24(25,26)27)29-8-7-28-18/h7-8,11-12,15H,5-6,9-10,13H2,1-4H3. The largest absolute Gasteiger partial charge is 0.444 e. The van der Waals surface area contributed by atoms with Crippen molar-refractivity contribution in [3.05, 3.63) is 57.7 Å². The monoisotopic (exact) mass is 504 g/mol. The van der Waals surface area contributed by atoms with Crippen molar-refractivity contribution in [3.8, 4) is 0 Å². The normalized spacial score (nSPS) is 15.4. The number of carbonyl (C=O) groups is 1. The summed E-state index contributed by atoms with van der Waals surface area (Å²) in [5, 5.41) is 0. The van der Waals surface area contributed by atoms with E-state index in [9.17, 15) is 22.8 Å². The van der Waals surface area contributed by atoms with Gasteiger partial charge in [0.25, 0.3) is 5.56 Å². The minimum absolute atomic E-state index is 0.175. The molecule has 36 heavy (non-hydrogen) atoms. The molecule has 4 rings (SSSR count). The number of fused-ring (bicyclic) bond motifs is 1. The van der Waals surface area contributed by atoms with Gasteiger partial charge >= 0.3 is 12.3 Å². The molecule has 0 spiro atoms. The summed E-state index contributed by atoms with van der Waals surface area (Å²) in [5.74, 6) is -0.209. The number of halogens is 3. The van der Waals surface area contributed by atoms with Crippen molar-refractivity contribution in [1.29, 1.82) is 0 Å². The molecular weight excluding hydrogens is 477 g/mol. The highest BCUT2D eigenvalue weighted by molar-refractivity contribution is 5.71. The smallest absolute Gasteiger partial charge is 0.435 e. The molecule has 0 atom stereocenters. The van der Waals surface area contributed by atoms with Gasteiger partial charge in [0.2, 0.25) is 0 Å². The Bertz CT molecular complexity index is 1340. The molecule has 1 saturated heterocycles. The Balaban J connectivity index is 1.70. The number of alkyl halides is 3. The fourth-order valence-corrected chi connectivity index (χ4v) is 4.24. The number of pyridine rings is 1. The van der Waals surface area contributed by atoms with E-state index in [4.69, 9.17) is 4.74 Å². The summed E-state index contributed by atoms with van der Waals surface area (Å²) in [6.07, 6.45) is -0.486. The van der Waals surface area contributed by atoms with Crippen molar-refractivity contribution in [2.75, 3.05) is 13.1 Å². The number of aromatic nitrogens is 5. The third-order valence-corrected chi connectivity index (χ3v) is 5.88. The Hall–Kier alpha value is -3.57. The van der Waals surface area contributed by atoms with Crippen LogP contribution >= 0.6 is 0 Å². The van der Waals surface area contributed by atoms with E-state index < -0.39 is 35.7 Å². The number of ether oxygens (including phenoxy) is 1. The van der Waals surface area contributed by atoms with Crippen LogP contribution in [0.1, 0.15) is 62.2 Å². The lowest BCUT2D eigenvalue weighted by molar-refractivity contribution is -0.142. The lowest BCUT2D eigenvalue weighted by Crippen LogP contribution is -2.42. The van der Waals surface area contributed by atoms with Crippen molar-refractivity contribution >= 4 is 17.3 Å². The Labute approximate surface area is 205 Å². The van der Waals surface area contributed by atoms with Gasteiger partial charge in [0.05, 0.1) is 17.9 Å². The number of hydrogen-bond acceptors (Lipinski definition) is 7. The first-order valence-electron chi connectivity index (χ1n) is 11.6. The zero-order valence-electron chi connectivity index (χ0n) is 20.5. The van der Waals surface area contributed by atoms with Crippen LogP contribution in [0, 0.1) is 6.92 Å². The van der Waals surface area contributed by atoms with Crippen molar-refractivity contribution in [2.45, 2.75) is 64.8 Å². The van der Waals surface area contributed by atoms with Crippen LogP contribution < -0.4 is 5.56 Å². The molecule has 3 aromatic rings. The second-order valence-electron chi connectivity index (χ2n) is 9.80. The van der Waals surface area contributed by atoms with E-state index in [1.165, 1.54) is 10.8 Å². The molecule has 0 aromatic carbocycles. The van der Waals surface area contributed by atoms with Crippen molar-refractivity contribution < 1.29 is 22.7 Å². The molecule has 3 aromatic heterocycles. The van der Waals surface area contributed by atoms with Crippen LogP contribution in [0.25, 0.3) is 11.2 Å². The van der Waals surface area contributed by atoms with E-state index >= 15 is 0 Å². The predicted octanol–water partition coefficient (Wildman–Crippen LogP) is 4.07. The molecule has 0 radical (unpaired) electrons. The molecule has 0 aliphatic carbocycles. The number of rotatable bonds is 3. The number of likely N-dealkylation sites (tertiary alicyclic amines) is 1. The van der Waals surface area contributed by atoms with Crippen LogP contribution in [-0.4, -0.2) is 54.2 Å². The maximum Gasteiger partial charge on any atom is 0.435 e. The maximum absolute atomic E-state index is 13.6. The molecule has 1 aliphatic heterocycles. The zero-order valence-corrected chi connectivity index (χ0v) is 20.5. The van der Waals surface area contributed by atoms with Crippen LogP contribution in [0.5, 0.6) is 0 Å². The third-order valence-electron chi connectivity index (χ3n) is 5.88. The summed E-state index contributed by atoms with van der Waals surface area (Å²) in [6.45, 7) is 7.38. The zero-order chi connectivity index (χ0) is 26.3. The molecule has 0 N–H and O–H groups in total. The summed E-state index contributed by atoms with van der Waals surface area (Å²) in [6, 6.07) is 1.65. The number of amides is 1.